The van der Waals surface area contributed by atoms with Crippen molar-refractivity contribution in [1.29, 1.82) is 0 Å². The molecule has 1 aromatic carbocycles. The Hall–Kier alpha value is -1.63. The van der Waals surface area contributed by atoms with Gasteiger partial charge in [-0.2, -0.15) is 4.31 Å². The van der Waals surface area contributed by atoms with E-state index < -0.39 is 16.1 Å². The minimum Gasteiger partial charge on any atom is -0.468 e. The Labute approximate surface area is 124 Å². The lowest BCUT2D eigenvalue weighted by Gasteiger charge is -2.20. The van der Waals surface area contributed by atoms with Crippen LogP contribution in [0.3, 0.4) is 0 Å². The average Bonchev–Trinajstić information content (AvgIpc) is 2.97. The molecule has 1 aromatic heterocycles. The highest BCUT2D eigenvalue weighted by molar-refractivity contribution is 7.89. The molecular weight excluding hydrogens is 290 g/mol. The largest absolute Gasteiger partial charge is 0.468 e. The maximum Gasteiger partial charge on any atom is 0.243 e. The van der Waals surface area contributed by atoms with Gasteiger partial charge in [0.1, 0.15) is 5.76 Å². The van der Waals surface area contributed by atoms with Crippen molar-refractivity contribution in [2.45, 2.75) is 31.4 Å². The smallest absolute Gasteiger partial charge is 0.243 e. The van der Waals surface area contributed by atoms with Gasteiger partial charge in [0.2, 0.25) is 10.0 Å². The van der Waals surface area contributed by atoms with Crippen LogP contribution in [0.1, 0.15) is 31.3 Å². The minimum atomic E-state index is -3.62. The third-order valence-electron chi connectivity index (χ3n) is 3.24. The SMILES string of the molecule is CCN(Cc1ccco1)S(=O)(=O)c1cccc(C(C)O)c1. The van der Waals surface area contributed by atoms with Gasteiger partial charge in [0.15, 0.2) is 0 Å². The van der Waals surface area contributed by atoms with Gasteiger partial charge in [0.05, 0.1) is 23.8 Å². The number of furan rings is 1. The molecule has 2 aromatic rings. The maximum atomic E-state index is 12.7. The second-order valence-electron chi connectivity index (χ2n) is 4.76. The first-order valence-corrected chi connectivity index (χ1v) is 8.19. The highest BCUT2D eigenvalue weighted by Gasteiger charge is 2.24. The molecule has 21 heavy (non-hydrogen) atoms. The highest BCUT2D eigenvalue weighted by atomic mass is 32.2. The molecule has 1 heterocycles. The predicted octanol–water partition coefficient (Wildman–Crippen LogP) is 2.54. The van der Waals surface area contributed by atoms with E-state index in [4.69, 9.17) is 4.42 Å². The van der Waals surface area contributed by atoms with Gasteiger partial charge in [0, 0.05) is 6.54 Å². The van der Waals surface area contributed by atoms with Crippen LogP contribution >= 0.6 is 0 Å². The van der Waals surface area contributed by atoms with E-state index in [1.165, 1.54) is 22.7 Å². The second kappa shape index (κ2) is 6.43. The molecule has 0 saturated heterocycles. The summed E-state index contributed by atoms with van der Waals surface area (Å²) in [5, 5.41) is 9.59. The lowest BCUT2D eigenvalue weighted by molar-refractivity contribution is 0.199. The molecule has 6 heteroatoms. The van der Waals surface area contributed by atoms with E-state index in [-0.39, 0.29) is 11.4 Å². The highest BCUT2D eigenvalue weighted by Crippen LogP contribution is 2.22. The van der Waals surface area contributed by atoms with E-state index in [0.29, 0.717) is 17.9 Å². The Bertz CT molecular complexity index is 677. The van der Waals surface area contributed by atoms with Crippen molar-refractivity contribution in [2.24, 2.45) is 0 Å². The van der Waals surface area contributed by atoms with E-state index >= 15 is 0 Å². The van der Waals surface area contributed by atoms with Crippen LogP contribution in [0.5, 0.6) is 0 Å². The fourth-order valence-electron chi connectivity index (χ4n) is 2.03. The summed E-state index contributed by atoms with van der Waals surface area (Å²) in [4.78, 5) is 0.175. The first-order chi connectivity index (χ1) is 9.95. The van der Waals surface area contributed by atoms with Crippen molar-refractivity contribution in [3.63, 3.8) is 0 Å². The quantitative estimate of drug-likeness (QED) is 0.890. The topological polar surface area (TPSA) is 70.8 Å². The number of benzene rings is 1. The van der Waals surface area contributed by atoms with Crippen molar-refractivity contribution in [1.82, 2.24) is 4.31 Å². The second-order valence-corrected chi connectivity index (χ2v) is 6.70. The summed E-state index contributed by atoms with van der Waals surface area (Å²) >= 11 is 0. The molecule has 0 fully saturated rings. The Morgan fingerprint density at radius 2 is 2.05 bits per heavy atom. The Morgan fingerprint density at radius 3 is 2.62 bits per heavy atom. The van der Waals surface area contributed by atoms with E-state index in [0.717, 1.165) is 0 Å². The zero-order valence-electron chi connectivity index (χ0n) is 12.1. The van der Waals surface area contributed by atoms with Crippen LogP contribution in [-0.2, 0) is 16.6 Å². The van der Waals surface area contributed by atoms with Crippen LogP contribution in [0.2, 0.25) is 0 Å². The van der Waals surface area contributed by atoms with E-state index in [2.05, 4.69) is 0 Å². The zero-order chi connectivity index (χ0) is 15.5. The van der Waals surface area contributed by atoms with E-state index in [9.17, 15) is 13.5 Å². The van der Waals surface area contributed by atoms with Gasteiger partial charge in [-0.1, -0.05) is 19.1 Å². The average molecular weight is 309 g/mol. The maximum absolute atomic E-state index is 12.7. The Morgan fingerprint density at radius 1 is 1.29 bits per heavy atom. The molecule has 0 radical (unpaired) electrons. The molecule has 1 N–H and O–H groups in total. The Balaban J connectivity index is 2.32. The lowest BCUT2D eigenvalue weighted by Crippen LogP contribution is -2.30. The molecule has 0 aliphatic heterocycles. The summed E-state index contributed by atoms with van der Waals surface area (Å²) < 4.78 is 31.9. The summed E-state index contributed by atoms with van der Waals surface area (Å²) in [7, 11) is -3.62. The van der Waals surface area contributed by atoms with Crippen LogP contribution in [-0.4, -0.2) is 24.4 Å². The summed E-state index contributed by atoms with van der Waals surface area (Å²) in [5.74, 6) is 0.590. The zero-order valence-corrected chi connectivity index (χ0v) is 12.9. The molecule has 0 saturated carbocycles. The fourth-order valence-corrected chi connectivity index (χ4v) is 3.50. The summed E-state index contributed by atoms with van der Waals surface area (Å²) in [6, 6.07) is 9.84. The summed E-state index contributed by atoms with van der Waals surface area (Å²) in [6.45, 7) is 3.90. The van der Waals surface area contributed by atoms with Gasteiger partial charge in [0.25, 0.3) is 0 Å². The summed E-state index contributed by atoms with van der Waals surface area (Å²) in [5.41, 5.74) is 0.574. The molecule has 0 aliphatic rings. The van der Waals surface area contributed by atoms with Gasteiger partial charge in [-0.25, -0.2) is 8.42 Å². The molecule has 1 atom stereocenters. The van der Waals surface area contributed by atoms with Crippen LogP contribution in [0, 0.1) is 0 Å². The normalized spacial score (nSPS) is 13.5. The van der Waals surface area contributed by atoms with Crippen molar-refractivity contribution in [2.75, 3.05) is 6.54 Å². The molecule has 0 bridgehead atoms. The van der Waals surface area contributed by atoms with Crippen molar-refractivity contribution in [3.05, 3.63) is 54.0 Å². The number of nitrogens with zero attached hydrogens (tertiary/aromatic N) is 1. The Kier molecular flexibility index (Phi) is 4.82. The van der Waals surface area contributed by atoms with E-state index in [1.807, 2.05) is 0 Å². The van der Waals surface area contributed by atoms with Gasteiger partial charge >= 0.3 is 0 Å². The van der Waals surface area contributed by atoms with Gasteiger partial charge in [-0.15, -0.1) is 0 Å². The van der Waals surface area contributed by atoms with Gasteiger partial charge in [-0.05, 0) is 36.8 Å². The van der Waals surface area contributed by atoms with Crippen molar-refractivity contribution >= 4 is 10.0 Å². The molecule has 0 amide bonds. The van der Waals surface area contributed by atoms with Crippen molar-refractivity contribution in [3.8, 4) is 0 Å². The number of sulfonamides is 1. The molecule has 0 aliphatic carbocycles. The molecule has 1 unspecified atom stereocenters. The first kappa shape index (κ1) is 15.8. The third kappa shape index (κ3) is 3.53. The van der Waals surface area contributed by atoms with Crippen LogP contribution in [0.15, 0.2) is 52.0 Å². The van der Waals surface area contributed by atoms with Crippen LogP contribution < -0.4 is 0 Å². The number of hydrogen-bond donors (Lipinski definition) is 1. The predicted molar refractivity (Wildman–Crippen MR) is 79.1 cm³/mol. The van der Waals surface area contributed by atoms with Gasteiger partial charge in [-0.3, -0.25) is 0 Å². The lowest BCUT2D eigenvalue weighted by atomic mass is 10.1. The summed E-state index contributed by atoms with van der Waals surface area (Å²) in [6.07, 6.45) is 0.810. The fraction of sp³-hybridized carbons (Fsp3) is 0.333. The molecular formula is C15H19NO4S. The molecule has 5 nitrogen and oxygen atoms in total. The van der Waals surface area contributed by atoms with Crippen LogP contribution in [0.4, 0.5) is 0 Å². The van der Waals surface area contributed by atoms with Crippen molar-refractivity contribution < 1.29 is 17.9 Å². The van der Waals surface area contributed by atoms with Gasteiger partial charge < -0.3 is 9.52 Å². The first-order valence-electron chi connectivity index (χ1n) is 6.75. The van der Waals surface area contributed by atoms with E-state index in [1.54, 1.807) is 38.1 Å². The number of rotatable bonds is 6. The number of aliphatic hydroxyl groups is 1. The molecule has 114 valence electrons. The minimum absolute atomic E-state index is 0.175. The number of hydrogen-bond acceptors (Lipinski definition) is 4. The standard InChI is InChI=1S/C15H19NO4S/c1-3-16(11-14-7-5-9-20-14)21(18,19)15-8-4-6-13(10-15)12(2)17/h4-10,12,17H,3,11H2,1-2H3. The third-order valence-corrected chi connectivity index (χ3v) is 5.16. The molecule has 0 spiro atoms. The van der Waals surface area contributed by atoms with Crippen LogP contribution in [0.25, 0.3) is 0 Å². The number of aliphatic hydroxyl groups excluding tert-OH is 1. The molecule has 2 rings (SSSR count). The monoisotopic (exact) mass is 309 g/mol.